The third-order valence-corrected chi connectivity index (χ3v) is 5.55. The van der Waals surface area contributed by atoms with Crippen LogP contribution in [0.1, 0.15) is 50.2 Å². The smallest absolute Gasteiger partial charge is 0.0248 e. The lowest BCUT2D eigenvalue weighted by atomic mass is 9.95. The fourth-order valence-electron chi connectivity index (χ4n) is 2.90. The fraction of sp³-hybridized carbons (Fsp3) is 0.647. The highest BCUT2D eigenvalue weighted by Gasteiger charge is 2.25. The van der Waals surface area contributed by atoms with E-state index >= 15 is 0 Å². The molecule has 0 heterocycles. The van der Waals surface area contributed by atoms with E-state index < -0.39 is 0 Å². The van der Waals surface area contributed by atoms with Gasteiger partial charge in [0, 0.05) is 16.2 Å². The van der Waals surface area contributed by atoms with Crippen molar-refractivity contribution >= 4 is 11.8 Å². The van der Waals surface area contributed by atoms with Gasteiger partial charge in [-0.05, 0) is 51.3 Å². The molecule has 0 bridgehead atoms. The van der Waals surface area contributed by atoms with Crippen LogP contribution in [0.2, 0.25) is 0 Å². The summed E-state index contributed by atoms with van der Waals surface area (Å²) in [5, 5.41) is 4.50. The molecule has 19 heavy (non-hydrogen) atoms. The average Bonchev–Trinajstić information content (AvgIpc) is 2.41. The van der Waals surface area contributed by atoms with Crippen molar-refractivity contribution < 1.29 is 0 Å². The van der Waals surface area contributed by atoms with Crippen LogP contribution >= 0.6 is 11.8 Å². The Bertz CT molecular complexity index is 402. The van der Waals surface area contributed by atoms with Gasteiger partial charge >= 0.3 is 0 Å². The van der Waals surface area contributed by atoms with Crippen molar-refractivity contribution in [1.29, 1.82) is 0 Å². The molecule has 1 fully saturated rings. The van der Waals surface area contributed by atoms with E-state index in [1.807, 2.05) is 0 Å². The summed E-state index contributed by atoms with van der Waals surface area (Å²) in [5.41, 5.74) is 2.80. The molecule has 1 N–H and O–H groups in total. The van der Waals surface area contributed by atoms with Crippen LogP contribution in [0.5, 0.6) is 0 Å². The molecule has 1 aliphatic rings. The predicted molar refractivity (Wildman–Crippen MR) is 86.1 cm³/mol. The Morgan fingerprint density at radius 2 is 2.00 bits per heavy atom. The highest BCUT2D eigenvalue weighted by molar-refractivity contribution is 8.00. The minimum atomic E-state index is 0.708. The van der Waals surface area contributed by atoms with Gasteiger partial charge in [-0.2, -0.15) is 0 Å². The summed E-state index contributed by atoms with van der Waals surface area (Å²) in [5.74, 6) is 0. The van der Waals surface area contributed by atoms with Gasteiger partial charge in [0.05, 0.1) is 0 Å². The molecule has 0 aromatic heterocycles. The molecular formula is C17H27NS. The zero-order chi connectivity index (χ0) is 13.7. The molecule has 2 rings (SSSR count). The number of benzene rings is 1. The third-order valence-electron chi connectivity index (χ3n) is 3.97. The number of hydrogen-bond donors (Lipinski definition) is 1. The van der Waals surface area contributed by atoms with Gasteiger partial charge < -0.3 is 5.32 Å². The normalized spacial score (nSPS) is 23.5. The van der Waals surface area contributed by atoms with Crippen LogP contribution in [0.15, 0.2) is 23.1 Å². The van der Waals surface area contributed by atoms with Crippen LogP contribution in [-0.2, 0) is 0 Å². The van der Waals surface area contributed by atoms with Crippen LogP contribution < -0.4 is 5.32 Å². The molecule has 0 spiro atoms. The molecule has 1 aliphatic carbocycles. The second-order valence-electron chi connectivity index (χ2n) is 5.77. The fourth-order valence-corrected chi connectivity index (χ4v) is 4.29. The van der Waals surface area contributed by atoms with Gasteiger partial charge in [-0.25, -0.2) is 0 Å². The molecule has 106 valence electrons. The quantitative estimate of drug-likeness (QED) is 0.836. The van der Waals surface area contributed by atoms with Crippen molar-refractivity contribution in [1.82, 2.24) is 5.32 Å². The number of nitrogens with one attached hydrogen (secondary N) is 1. The van der Waals surface area contributed by atoms with Gasteiger partial charge in [-0.3, -0.25) is 0 Å². The standard InChI is InChI=1S/C17H27NS/c1-4-11-18-15-7-5-6-8-17(15)19-16-10-9-13(2)12-14(16)3/h9-10,12,15,17-18H,4-8,11H2,1-3H3. The summed E-state index contributed by atoms with van der Waals surface area (Å²) < 4.78 is 0. The van der Waals surface area contributed by atoms with E-state index in [0.29, 0.717) is 6.04 Å². The van der Waals surface area contributed by atoms with Gasteiger partial charge in [0.2, 0.25) is 0 Å². The highest BCUT2D eigenvalue weighted by Crippen LogP contribution is 2.35. The van der Waals surface area contributed by atoms with Crippen molar-refractivity contribution in [2.24, 2.45) is 0 Å². The predicted octanol–water partition coefficient (Wildman–Crippen LogP) is 4.71. The monoisotopic (exact) mass is 277 g/mol. The van der Waals surface area contributed by atoms with E-state index in [2.05, 4.69) is 56.0 Å². The molecule has 1 aromatic carbocycles. The van der Waals surface area contributed by atoms with Crippen molar-refractivity contribution in [3.63, 3.8) is 0 Å². The maximum atomic E-state index is 3.75. The topological polar surface area (TPSA) is 12.0 Å². The first-order valence-corrected chi connectivity index (χ1v) is 8.56. The van der Waals surface area contributed by atoms with Crippen molar-refractivity contribution in [2.75, 3.05) is 6.54 Å². The Morgan fingerprint density at radius 1 is 1.21 bits per heavy atom. The van der Waals surface area contributed by atoms with E-state index in [0.717, 1.165) is 11.8 Å². The Labute approximate surface area is 122 Å². The third kappa shape index (κ3) is 4.25. The van der Waals surface area contributed by atoms with E-state index in [1.165, 1.54) is 48.1 Å². The largest absolute Gasteiger partial charge is 0.313 e. The van der Waals surface area contributed by atoms with E-state index in [-0.39, 0.29) is 0 Å². The SMILES string of the molecule is CCCNC1CCCCC1Sc1ccc(C)cc1C. The van der Waals surface area contributed by atoms with Crippen LogP contribution in [0.25, 0.3) is 0 Å². The Hall–Kier alpha value is -0.470. The molecule has 0 radical (unpaired) electrons. The van der Waals surface area contributed by atoms with Gasteiger partial charge in [0.15, 0.2) is 0 Å². The summed E-state index contributed by atoms with van der Waals surface area (Å²) in [6.45, 7) is 7.83. The van der Waals surface area contributed by atoms with E-state index in [4.69, 9.17) is 0 Å². The summed E-state index contributed by atoms with van der Waals surface area (Å²) in [6.07, 6.45) is 6.73. The first kappa shape index (κ1) is 14.9. The Balaban J connectivity index is 2.02. The van der Waals surface area contributed by atoms with Crippen LogP contribution in [0, 0.1) is 13.8 Å². The van der Waals surface area contributed by atoms with Gasteiger partial charge in [-0.15, -0.1) is 11.8 Å². The average molecular weight is 277 g/mol. The van der Waals surface area contributed by atoms with Crippen LogP contribution in [-0.4, -0.2) is 17.8 Å². The lowest BCUT2D eigenvalue weighted by molar-refractivity contribution is 0.384. The summed E-state index contributed by atoms with van der Waals surface area (Å²) in [4.78, 5) is 1.47. The van der Waals surface area contributed by atoms with Crippen LogP contribution in [0.3, 0.4) is 0 Å². The molecule has 1 nitrogen and oxygen atoms in total. The summed E-state index contributed by atoms with van der Waals surface area (Å²) >= 11 is 2.10. The first-order chi connectivity index (χ1) is 9.20. The molecule has 0 saturated heterocycles. The molecule has 2 heteroatoms. The van der Waals surface area contributed by atoms with Gasteiger partial charge in [-0.1, -0.05) is 37.5 Å². The van der Waals surface area contributed by atoms with Gasteiger partial charge in [0.25, 0.3) is 0 Å². The first-order valence-electron chi connectivity index (χ1n) is 7.68. The maximum absolute atomic E-state index is 3.75. The van der Waals surface area contributed by atoms with Crippen molar-refractivity contribution in [3.05, 3.63) is 29.3 Å². The lowest BCUT2D eigenvalue weighted by Crippen LogP contribution is -2.40. The number of aryl methyl sites for hydroxylation is 2. The molecular weight excluding hydrogens is 250 g/mol. The second-order valence-corrected chi connectivity index (χ2v) is 7.05. The molecule has 0 aliphatic heterocycles. The van der Waals surface area contributed by atoms with Gasteiger partial charge in [0.1, 0.15) is 0 Å². The molecule has 2 atom stereocenters. The van der Waals surface area contributed by atoms with Crippen LogP contribution in [0.4, 0.5) is 0 Å². The second kappa shape index (κ2) is 7.35. The summed E-state index contributed by atoms with van der Waals surface area (Å²) in [7, 11) is 0. The lowest BCUT2D eigenvalue weighted by Gasteiger charge is -2.32. The molecule has 2 unspecified atom stereocenters. The number of thioether (sulfide) groups is 1. The maximum Gasteiger partial charge on any atom is 0.0248 e. The highest BCUT2D eigenvalue weighted by atomic mass is 32.2. The summed E-state index contributed by atoms with van der Waals surface area (Å²) in [6, 6.07) is 7.56. The molecule has 1 aromatic rings. The minimum absolute atomic E-state index is 0.708. The van der Waals surface area contributed by atoms with Crippen molar-refractivity contribution in [3.8, 4) is 0 Å². The Morgan fingerprint density at radius 3 is 2.74 bits per heavy atom. The van der Waals surface area contributed by atoms with Crippen molar-refractivity contribution in [2.45, 2.75) is 69.1 Å². The zero-order valence-electron chi connectivity index (χ0n) is 12.5. The van der Waals surface area contributed by atoms with E-state index in [1.54, 1.807) is 0 Å². The van der Waals surface area contributed by atoms with E-state index in [9.17, 15) is 0 Å². The molecule has 1 saturated carbocycles. The zero-order valence-corrected chi connectivity index (χ0v) is 13.4. The molecule has 0 amide bonds. The Kier molecular flexibility index (Phi) is 5.77. The minimum Gasteiger partial charge on any atom is -0.313 e. The number of rotatable bonds is 5. The number of hydrogen-bond acceptors (Lipinski definition) is 2.